The van der Waals surface area contributed by atoms with Crippen LogP contribution in [0.3, 0.4) is 0 Å². The molecular formula is C19H19N3OS. The maximum absolute atomic E-state index is 12.7. The molecule has 5 heteroatoms. The number of carbonyl (C=O) groups excluding carboxylic acids is 1. The Morgan fingerprint density at radius 3 is 2.88 bits per heavy atom. The molecule has 3 N–H and O–H groups in total. The van der Waals surface area contributed by atoms with E-state index in [1.54, 1.807) is 11.3 Å². The lowest BCUT2D eigenvalue weighted by molar-refractivity contribution is 0.0940. The fraction of sp³-hybridized carbons (Fsp3) is 0.316. The van der Waals surface area contributed by atoms with Crippen LogP contribution in [0.2, 0.25) is 0 Å². The van der Waals surface area contributed by atoms with Gasteiger partial charge in [0.05, 0.1) is 5.69 Å². The zero-order valence-corrected chi connectivity index (χ0v) is 14.3. The number of thiophene rings is 1. The Labute approximate surface area is 144 Å². The van der Waals surface area contributed by atoms with Gasteiger partial charge < -0.3 is 15.6 Å². The number of para-hydroxylation sites is 1. The molecule has 2 aromatic heterocycles. The van der Waals surface area contributed by atoms with E-state index in [9.17, 15) is 4.79 Å². The van der Waals surface area contributed by atoms with E-state index in [2.05, 4.69) is 34.7 Å². The van der Waals surface area contributed by atoms with Crippen molar-refractivity contribution in [1.82, 2.24) is 10.3 Å². The van der Waals surface area contributed by atoms with Gasteiger partial charge in [0.15, 0.2) is 0 Å². The molecule has 1 unspecified atom stereocenters. The Kier molecular flexibility index (Phi) is 3.00. The molecule has 1 atom stereocenters. The second-order valence-corrected chi connectivity index (χ2v) is 7.78. The topological polar surface area (TPSA) is 56.9 Å². The van der Waals surface area contributed by atoms with E-state index in [1.165, 1.54) is 28.7 Å². The van der Waals surface area contributed by atoms with Crippen molar-refractivity contribution >= 4 is 33.8 Å². The highest BCUT2D eigenvalue weighted by Gasteiger charge is 2.33. The van der Waals surface area contributed by atoms with E-state index in [-0.39, 0.29) is 12.1 Å². The Bertz CT molecular complexity index is 969. The van der Waals surface area contributed by atoms with Crippen LogP contribution in [0, 0.1) is 6.92 Å². The number of H-pyrrole nitrogens is 1. The number of aromatic nitrogens is 1. The minimum atomic E-state index is -0.179. The summed E-state index contributed by atoms with van der Waals surface area (Å²) in [5.74, 6) is 0.0535. The molecule has 2 aliphatic rings. The fourth-order valence-corrected chi connectivity index (χ4v) is 5.33. The van der Waals surface area contributed by atoms with Crippen LogP contribution in [0.25, 0.3) is 10.9 Å². The number of aromatic amines is 1. The Morgan fingerprint density at radius 1 is 1.12 bits per heavy atom. The minimum absolute atomic E-state index is 0.0535. The number of hydrogen-bond acceptors (Lipinski definition) is 3. The predicted octanol–water partition coefficient (Wildman–Crippen LogP) is 4.27. The maximum Gasteiger partial charge on any atom is 0.265 e. The number of carbonyl (C=O) groups is 1. The smallest absolute Gasteiger partial charge is 0.265 e. The zero-order valence-electron chi connectivity index (χ0n) is 13.5. The molecule has 24 heavy (non-hydrogen) atoms. The van der Waals surface area contributed by atoms with Crippen molar-refractivity contribution < 1.29 is 4.79 Å². The van der Waals surface area contributed by atoms with E-state index >= 15 is 0 Å². The molecule has 0 saturated carbocycles. The largest absolute Gasteiger partial charge is 0.360 e. The molecule has 1 amide bonds. The Hall–Kier alpha value is -2.27. The number of rotatable bonds is 1. The van der Waals surface area contributed by atoms with Gasteiger partial charge in [-0.25, -0.2) is 0 Å². The molecule has 3 aromatic rings. The SMILES string of the molecule is Cc1[nH]c2ccccc2c1C1NC(=O)c2sc3c(c2N1)CCCC3. The third-order valence-corrected chi connectivity index (χ3v) is 6.46. The number of hydrogen-bond donors (Lipinski definition) is 3. The van der Waals surface area contributed by atoms with Gasteiger partial charge in [-0.15, -0.1) is 11.3 Å². The minimum Gasteiger partial charge on any atom is -0.360 e. The molecule has 4 nitrogen and oxygen atoms in total. The van der Waals surface area contributed by atoms with Crippen LogP contribution in [0.15, 0.2) is 24.3 Å². The summed E-state index contributed by atoms with van der Waals surface area (Å²) in [7, 11) is 0. The maximum atomic E-state index is 12.7. The molecule has 0 fully saturated rings. The Morgan fingerprint density at radius 2 is 1.96 bits per heavy atom. The van der Waals surface area contributed by atoms with Gasteiger partial charge in [0.2, 0.25) is 0 Å². The molecule has 1 aliphatic heterocycles. The standard InChI is InChI=1S/C19H19N3OS/c1-10-15(11-6-2-4-8-13(11)20-10)18-21-16-12-7-3-5-9-14(12)24-17(16)19(23)22-18/h2,4,6,8,18,20-21H,3,5,7,9H2,1H3,(H,22,23). The molecule has 5 rings (SSSR count). The van der Waals surface area contributed by atoms with Gasteiger partial charge in [0.1, 0.15) is 11.0 Å². The molecule has 0 bridgehead atoms. The van der Waals surface area contributed by atoms with Gasteiger partial charge >= 0.3 is 0 Å². The van der Waals surface area contributed by atoms with Gasteiger partial charge in [-0.2, -0.15) is 0 Å². The van der Waals surface area contributed by atoms with Crippen LogP contribution in [-0.2, 0) is 12.8 Å². The third kappa shape index (κ3) is 1.94. The second-order valence-electron chi connectivity index (χ2n) is 6.68. The highest BCUT2D eigenvalue weighted by atomic mass is 32.1. The van der Waals surface area contributed by atoms with E-state index < -0.39 is 0 Å². The summed E-state index contributed by atoms with van der Waals surface area (Å²) in [4.78, 5) is 18.4. The van der Waals surface area contributed by atoms with Crippen LogP contribution in [-0.4, -0.2) is 10.9 Å². The predicted molar refractivity (Wildman–Crippen MR) is 97.8 cm³/mol. The lowest BCUT2D eigenvalue weighted by Crippen LogP contribution is -2.38. The van der Waals surface area contributed by atoms with E-state index in [4.69, 9.17) is 0 Å². The van der Waals surface area contributed by atoms with Crippen molar-refractivity contribution in [3.05, 3.63) is 50.8 Å². The summed E-state index contributed by atoms with van der Waals surface area (Å²) in [6, 6.07) is 8.26. The quantitative estimate of drug-likeness (QED) is 0.621. The van der Waals surface area contributed by atoms with Crippen molar-refractivity contribution in [3.8, 4) is 0 Å². The molecular weight excluding hydrogens is 318 g/mol. The number of anilines is 1. The van der Waals surface area contributed by atoms with Crippen molar-refractivity contribution in [1.29, 1.82) is 0 Å². The third-order valence-electron chi connectivity index (χ3n) is 5.17. The van der Waals surface area contributed by atoms with Crippen molar-refractivity contribution in [2.75, 3.05) is 5.32 Å². The molecule has 122 valence electrons. The lowest BCUT2D eigenvalue weighted by atomic mass is 9.96. The van der Waals surface area contributed by atoms with Crippen LogP contribution in [0.1, 0.15) is 50.4 Å². The normalized spacial score (nSPS) is 19.5. The zero-order chi connectivity index (χ0) is 16.3. The summed E-state index contributed by atoms with van der Waals surface area (Å²) in [6.07, 6.45) is 4.47. The van der Waals surface area contributed by atoms with Crippen LogP contribution in [0.5, 0.6) is 0 Å². The first-order valence-electron chi connectivity index (χ1n) is 8.51. The number of nitrogens with one attached hydrogen (secondary N) is 3. The molecule has 3 heterocycles. The van der Waals surface area contributed by atoms with Gasteiger partial charge in [0, 0.05) is 27.0 Å². The van der Waals surface area contributed by atoms with Crippen molar-refractivity contribution in [3.63, 3.8) is 0 Å². The van der Waals surface area contributed by atoms with Crippen molar-refractivity contribution in [2.24, 2.45) is 0 Å². The fourth-order valence-electron chi connectivity index (χ4n) is 4.07. The molecule has 1 aromatic carbocycles. The highest BCUT2D eigenvalue weighted by molar-refractivity contribution is 7.15. The van der Waals surface area contributed by atoms with Crippen LogP contribution in [0.4, 0.5) is 5.69 Å². The number of benzene rings is 1. The number of amides is 1. The first-order chi connectivity index (χ1) is 11.7. The molecule has 0 saturated heterocycles. The van der Waals surface area contributed by atoms with Crippen LogP contribution >= 0.6 is 11.3 Å². The van der Waals surface area contributed by atoms with E-state index in [0.717, 1.165) is 40.2 Å². The average molecular weight is 337 g/mol. The number of aryl methyl sites for hydroxylation is 2. The summed E-state index contributed by atoms with van der Waals surface area (Å²) in [5, 5.41) is 7.95. The Balaban J connectivity index is 1.63. The highest BCUT2D eigenvalue weighted by Crippen LogP contribution is 2.42. The van der Waals surface area contributed by atoms with Gasteiger partial charge in [0.25, 0.3) is 5.91 Å². The number of fused-ring (bicyclic) bond motifs is 4. The molecule has 1 aliphatic carbocycles. The summed E-state index contributed by atoms with van der Waals surface area (Å²) < 4.78 is 0. The average Bonchev–Trinajstić information content (AvgIpc) is 3.12. The summed E-state index contributed by atoms with van der Waals surface area (Å²) in [6.45, 7) is 2.07. The van der Waals surface area contributed by atoms with Crippen molar-refractivity contribution in [2.45, 2.75) is 38.8 Å². The van der Waals surface area contributed by atoms with Crippen LogP contribution < -0.4 is 10.6 Å². The monoisotopic (exact) mass is 337 g/mol. The molecule has 0 spiro atoms. The van der Waals surface area contributed by atoms with E-state index in [0.29, 0.717) is 0 Å². The summed E-state index contributed by atoms with van der Waals surface area (Å²) in [5.41, 5.74) is 5.80. The van der Waals surface area contributed by atoms with Gasteiger partial charge in [-0.1, -0.05) is 18.2 Å². The van der Waals surface area contributed by atoms with Gasteiger partial charge in [-0.05, 0) is 44.2 Å². The van der Waals surface area contributed by atoms with Gasteiger partial charge in [-0.3, -0.25) is 4.79 Å². The first-order valence-corrected chi connectivity index (χ1v) is 9.33. The molecule has 0 radical (unpaired) electrons. The summed E-state index contributed by atoms with van der Waals surface area (Å²) >= 11 is 1.67. The first kappa shape index (κ1) is 14.1. The second kappa shape index (κ2) is 5.11. The lowest BCUT2D eigenvalue weighted by Gasteiger charge is -2.27. The van der Waals surface area contributed by atoms with E-state index in [1.807, 2.05) is 12.1 Å².